The lowest BCUT2D eigenvalue weighted by atomic mass is 10.2. The zero-order valence-corrected chi connectivity index (χ0v) is 10.6. The maximum atomic E-state index is 5.32. The zero-order chi connectivity index (χ0) is 12.8. The molecule has 1 N–H and O–H groups in total. The predicted molar refractivity (Wildman–Crippen MR) is 68.8 cm³/mol. The average molecular weight is 247 g/mol. The van der Waals surface area contributed by atoms with Crippen LogP contribution in [0.25, 0.3) is 0 Å². The Morgan fingerprint density at radius 3 is 2.67 bits per heavy atom. The van der Waals surface area contributed by atoms with Gasteiger partial charge in [-0.3, -0.25) is 0 Å². The third-order valence-electron chi connectivity index (χ3n) is 2.71. The summed E-state index contributed by atoms with van der Waals surface area (Å²) in [7, 11) is 3.33. The molecule has 0 bridgehead atoms. The van der Waals surface area contributed by atoms with Gasteiger partial charge < -0.3 is 19.2 Å². The third kappa shape index (κ3) is 3.05. The largest absolute Gasteiger partial charge is 0.497 e. The average Bonchev–Trinajstić information content (AvgIpc) is 2.92. The monoisotopic (exact) mass is 247 g/mol. The van der Waals surface area contributed by atoms with E-state index in [9.17, 15) is 0 Å². The van der Waals surface area contributed by atoms with E-state index >= 15 is 0 Å². The zero-order valence-electron chi connectivity index (χ0n) is 10.6. The van der Waals surface area contributed by atoms with Crippen molar-refractivity contribution in [3.05, 3.63) is 47.9 Å². The fraction of sp³-hybridized carbons (Fsp3) is 0.286. The van der Waals surface area contributed by atoms with Gasteiger partial charge in [0.05, 0.1) is 26.7 Å². The van der Waals surface area contributed by atoms with Gasteiger partial charge in [0.25, 0.3) is 0 Å². The molecule has 0 fully saturated rings. The van der Waals surface area contributed by atoms with Crippen molar-refractivity contribution in [3.63, 3.8) is 0 Å². The normalized spacial score (nSPS) is 10.3. The number of hydrogen-bond donors (Lipinski definition) is 1. The highest BCUT2D eigenvalue weighted by molar-refractivity contribution is 5.40. The molecule has 18 heavy (non-hydrogen) atoms. The molecular weight excluding hydrogens is 230 g/mol. The van der Waals surface area contributed by atoms with Crippen LogP contribution in [0.1, 0.15) is 11.1 Å². The van der Waals surface area contributed by atoms with E-state index in [0.29, 0.717) is 6.54 Å². The smallest absolute Gasteiger partial charge is 0.123 e. The molecule has 4 nitrogen and oxygen atoms in total. The van der Waals surface area contributed by atoms with Crippen LogP contribution in [0.5, 0.6) is 11.5 Å². The van der Waals surface area contributed by atoms with Gasteiger partial charge in [-0.15, -0.1) is 0 Å². The molecule has 0 unspecified atom stereocenters. The Hall–Kier alpha value is -1.94. The second kappa shape index (κ2) is 6.12. The number of nitrogens with one attached hydrogen (secondary N) is 1. The summed E-state index contributed by atoms with van der Waals surface area (Å²) in [6.07, 6.45) is 3.40. The highest BCUT2D eigenvalue weighted by Crippen LogP contribution is 2.23. The first-order chi connectivity index (χ1) is 8.83. The predicted octanol–water partition coefficient (Wildman–Crippen LogP) is 2.59. The maximum Gasteiger partial charge on any atom is 0.123 e. The Kier molecular flexibility index (Phi) is 4.25. The molecule has 0 amide bonds. The lowest BCUT2D eigenvalue weighted by molar-refractivity contribution is 0.397. The molecule has 96 valence electrons. The minimum atomic E-state index is 0.714. The molecule has 0 radical (unpaired) electrons. The Labute approximate surface area is 107 Å². The summed E-state index contributed by atoms with van der Waals surface area (Å²) >= 11 is 0. The molecule has 2 rings (SSSR count). The van der Waals surface area contributed by atoms with Crippen molar-refractivity contribution < 1.29 is 13.9 Å². The number of rotatable bonds is 6. The molecule has 0 spiro atoms. The Morgan fingerprint density at radius 1 is 1.11 bits per heavy atom. The lowest BCUT2D eigenvalue weighted by Crippen LogP contribution is -2.13. The highest BCUT2D eigenvalue weighted by Gasteiger charge is 2.04. The van der Waals surface area contributed by atoms with Crippen LogP contribution in [0.4, 0.5) is 0 Å². The van der Waals surface area contributed by atoms with Crippen LogP contribution in [0.2, 0.25) is 0 Å². The van der Waals surface area contributed by atoms with Gasteiger partial charge in [0.1, 0.15) is 11.5 Å². The summed E-state index contributed by atoms with van der Waals surface area (Å²) in [6, 6.07) is 7.71. The summed E-state index contributed by atoms with van der Waals surface area (Å²) in [5.74, 6) is 1.69. The first-order valence-corrected chi connectivity index (χ1v) is 5.76. The molecule has 0 aliphatic carbocycles. The fourth-order valence-corrected chi connectivity index (χ4v) is 1.75. The van der Waals surface area contributed by atoms with E-state index in [0.717, 1.165) is 29.2 Å². The van der Waals surface area contributed by atoms with Gasteiger partial charge in [-0.25, -0.2) is 0 Å². The van der Waals surface area contributed by atoms with Crippen LogP contribution in [0.3, 0.4) is 0 Å². The van der Waals surface area contributed by atoms with Crippen LogP contribution in [-0.2, 0) is 13.1 Å². The molecular formula is C14H17NO3. The standard InChI is InChI=1S/C14H17NO3/c1-16-13-3-4-14(17-2)12(7-13)9-15-8-11-5-6-18-10-11/h3-7,10,15H,8-9H2,1-2H3. The number of benzene rings is 1. The lowest BCUT2D eigenvalue weighted by Gasteiger charge is -2.11. The van der Waals surface area contributed by atoms with Gasteiger partial charge in [0.2, 0.25) is 0 Å². The number of ether oxygens (including phenoxy) is 2. The quantitative estimate of drug-likeness (QED) is 0.852. The van der Waals surface area contributed by atoms with Crippen LogP contribution >= 0.6 is 0 Å². The van der Waals surface area contributed by atoms with Crippen molar-refractivity contribution in [2.75, 3.05) is 14.2 Å². The molecule has 0 aliphatic heterocycles. The van der Waals surface area contributed by atoms with E-state index in [1.165, 1.54) is 0 Å². The van der Waals surface area contributed by atoms with Crippen molar-refractivity contribution >= 4 is 0 Å². The van der Waals surface area contributed by atoms with Crippen molar-refractivity contribution in [1.82, 2.24) is 5.32 Å². The second-order valence-corrected chi connectivity index (χ2v) is 3.91. The van der Waals surface area contributed by atoms with Crippen LogP contribution in [0, 0.1) is 0 Å². The summed E-state index contributed by atoms with van der Waals surface area (Å²) in [5.41, 5.74) is 2.19. The van der Waals surface area contributed by atoms with Gasteiger partial charge in [0, 0.05) is 24.2 Å². The minimum absolute atomic E-state index is 0.714. The van der Waals surface area contributed by atoms with Crippen molar-refractivity contribution in [2.45, 2.75) is 13.1 Å². The molecule has 0 saturated carbocycles. The Balaban J connectivity index is 1.98. The molecule has 0 atom stereocenters. The molecule has 0 aliphatic rings. The molecule has 4 heteroatoms. The summed E-state index contributed by atoms with van der Waals surface area (Å²) in [5, 5.41) is 3.33. The third-order valence-corrected chi connectivity index (χ3v) is 2.71. The van der Waals surface area contributed by atoms with Crippen molar-refractivity contribution in [2.24, 2.45) is 0 Å². The van der Waals surface area contributed by atoms with Crippen LogP contribution in [-0.4, -0.2) is 14.2 Å². The summed E-state index contributed by atoms with van der Waals surface area (Å²) in [6.45, 7) is 1.47. The Bertz CT molecular complexity index is 480. The van der Waals surface area contributed by atoms with Gasteiger partial charge in [-0.2, -0.15) is 0 Å². The van der Waals surface area contributed by atoms with Gasteiger partial charge in [0.15, 0.2) is 0 Å². The highest BCUT2D eigenvalue weighted by atomic mass is 16.5. The second-order valence-electron chi connectivity index (χ2n) is 3.91. The first kappa shape index (κ1) is 12.5. The Morgan fingerprint density at radius 2 is 2.00 bits per heavy atom. The fourth-order valence-electron chi connectivity index (χ4n) is 1.75. The number of furan rings is 1. The van der Waals surface area contributed by atoms with E-state index in [1.807, 2.05) is 24.3 Å². The molecule has 0 saturated heterocycles. The SMILES string of the molecule is COc1ccc(OC)c(CNCc2ccoc2)c1. The molecule has 1 aromatic heterocycles. The van der Waals surface area contributed by atoms with Crippen LogP contribution < -0.4 is 14.8 Å². The van der Waals surface area contributed by atoms with Crippen molar-refractivity contribution in [3.8, 4) is 11.5 Å². The van der Waals surface area contributed by atoms with Gasteiger partial charge >= 0.3 is 0 Å². The van der Waals surface area contributed by atoms with E-state index in [1.54, 1.807) is 26.7 Å². The molecule has 2 aromatic rings. The number of methoxy groups -OCH3 is 2. The molecule has 1 heterocycles. The topological polar surface area (TPSA) is 43.6 Å². The summed E-state index contributed by atoms with van der Waals surface area (Å²) in [4.78, 5) is 0. The van der Waals surface area contributed by atoms with Gasteiger partial charge in [-0.05, 0) is 24.3 Å². The van der Waals surface area contributed by atoms with Crippen molar-refractivity contribution in [1.29, 1.82) is 0 Å². The summed E-state index contributed by atoms with van der Waals surface area (Å²) < 4.78 is 15.5. The van der Waals surface area contributed by atoms with Gasteiger partial charge in [-0.1, -0.05) is 0 Å². The number of hydrogen-bond acceptors (Lipinski definition) is 4. The van der Waals surface area contributed by atoms with E-state index in [4.69, 9.17) is 13.9 Å². The molecule has 1 aromatic carbocycles. The van der Waals surface area contributed by atoms with E-state index in [2.05, 4.69) is 5.32 Å². The van der Waals surface area contributed by atoms with E-state index in [-0.39, 0.29) is 0 Å². The van der Waals surface area contributed by atoms with E-state index < -0.39 is 0 Å². The van der Waals surface area contributed by atoms with Crippen LogP contribution in [0.15, 0.2) is 41.2 Å². The first-order valence-electron chi connectivity index (χ1n) is 5.76. The minimum Gasteiger partial charge on any atom is -0.497 e. The maximum absolute atomic E-state index is 5.32.